The van der Waals surface area contributed by atoms with Crippen LogP contribution in [0.5, 0.6) is 5.75 Å². The third-order valence-corrected chi connectivity index (χ3v) is 4.16. The van der Waals surface area contributed by atoms with E-state index < -0.39 is 17.8 Å². The Bertz CT molecular complexity index is 860. The Labute approximate surface area is 153 Å². The van der Waals surface area contributed by atoms with Gasteiger partial charge in [-0.2, -0.15) is 0 Å². The molecule has 1 unspecified atom stereocenters. The van der Waals surface area contributed by atoms with Gasteiger partial charge in [-0.05, 0) is 43.3 Å². The minimum Gasteiger partial charge on any atom is -0.479 e. The SMILES string of the molecule is CC1Oc2ccc(Cl)cc2N(CC(=O)Nc2ccc(F)c(Cl)c2)C1=O. The minimum absolute atomic E-state index is 0.106. The summed E-state index contributed by atoms with van der Waals surface area (Å²) in [5.41, 5.74) is 0.749. The second-order valence-corrected chi connectivity index (χ2v) is 6.32. The molecule has 2 aromatic rings. The van der Waals surface area contributed by atoms with Crippen molar-refractivity contribution in [3.63, 3.8) is 0 Å². The molecule has 0 saturated heterocycles. The molecule has 0 aromatic heterocycles. The van der Waals surface area contributed by atoms with E-state index in [9.17, 15) is 14.0 Å². The fourth-order valence-electron chi connectivity index (χ4n) is 2.46. The molecule has 5 nitrogen and oxygen atoms in total. The maximum absolute atomic E-state index is 13.2. The number of carbonyl (C=O) groups excluding carboxylic acids is 2. The van der Waals surface area contributed by atoms with Crippen molar-refractivity contribution in [2.45, 2.75) is 13.0 Å². The Kier molecular flexibility index (Phi) is 4.83. The lowest BCUT2D eigenvalue weighted by Crippen LogP contribution is -2.47. The number of hydrogen-bond donors (Lipinski definition) is 1. The van der Waals surface area contributed by atoms with Gasteiger partial charge in [-0.25, -0.2) is 4.39 Å². The molecule has 1 aliphatic rings. The van der Waals surface area contributed by atoms with Crippen LogP contribution in [0.2, 0.25) is 10.0 Å². The van der Waals surface area contributed by atoms with Gasteiger partial charge in [-0.15, -0.1) is 0 Å². The number of rotatable bonds is 3. The number of nitrogens with zero attached hydrogens (tertiary/aromatic N) is 1. The number of benzene rings is 2. The molecule has 25 heavy (non-hydrogen) atoms. The lowest BCUT2D eigenvalue weighted by atomic mass is 10.2. The van der Waals surface area contributed by atoms with Gasteiger partial charge < -0.3 is 10.1 Å². The van der Waals surface area contributed by atoms with Gasteiger partial charge in [0.15, 0.2) is 6.10 Å². The molecule has 0 bridgehead atoms. The van der Waals surface area contributed by atoms with Crippen molar-refractivity contribution in [3.8, 4) is 5.75 Å². The van der Waals surface area contributed by atoms with Gasteiger partial charge in [0.25, 0.3) is 5.91 Å². The number of halogens is 3. The largest absolute Gasteiger partial charge is 0.479 e. The minimum atomic E-state index is -0.721. The standard InChI is InChI=1S/C17H13Cl2FN2O3/c1-9-17(24)22(14-6-10(18)2-5-15(14)25-9)8-16(23)21-11-3-4-13(20)12(19)7-11/h2-7,9H,8H2,1H3,(H,21,23). The van der Waals surface area contributed by atoms with Crippen LogP contribution < -0.4 is 15.0 Å². The molecule has 3 rings (SSSR count). The highest BCUT2D eigenvalue weighted by Gasteiger charge is 2.32. The number of amides is 2. The third kappa shape index (κ3) is 3.70. The van der Waals surface area contributed by atoms with Crippen molar-refractivity contribution in [2.75, 3.05) is 16.8 Å². The monoisotopic (exact) mass is 382 g/mol. The average Bonchev–Trinajstić information content (AvgIpc) is 2.56. The normalized spacial score (nSPS) is 16.2. The molecule has 0 saturated carbocycles. The zero-order valence-electron chi connectivity index (χ0n) is 13.1. The second-order valence-electron chi connectivity index (χ2n) is 5.47. The molecule has 0 aliphatic carbocycles. The number of hydrogen-bond acceptors (Lipinski definition) is 3. The molecular weight excluding hydrogens is 370 g/mol. The van der Waals surface area contributed by atoms with Crippen LogP contribution >= 0.6 is 23.2 Å². The summed E-state index contributed by atoms with van der Waals surface area (Å²) in [4.78, 5) is 26.0. The molecule has 130 valence electrons. The average molecular weight is 383 g/mol. The summed E-state index contributed by atoms with van der Waals surface area (Å²) in [6, 6.07) is 8.67. The van der Waals surface area contributed by atoms with E-state index in [1.807, 2.05) is 0 Å². The topological polar surface area (TPSA) is 58.6 Å². The number of nitrogens with one attached hydrogen (secondary N) is 1. The van der Waals surface area contributed by atoms with Crippen LogP contribution in [-0.4, -0.2) is 24.5 Å². The number of anilines is 2. The van der Waals surface area contributed by atoms with Gasteiger partial charge >= 0.3 is 0 Å². The van der Waals surface area contributed by atoms with E-state index in [1.54, 1.807) is 25.1 Å². The summed E-state index contributed by atoms with van der Waals surface area (Å²) in [6.07, 6.45) is -0.721. The van der Waals surface area contributed by atoms with Crippen molar-refractivity contribution < 1.29 is 18.7 Å². The molecule has 1 atom stereocenters. The summed E-state index contributed by atoms with van der Waals surface area (Å²) >= 11 is 11.7. The number of fused-ring (bicyclic) bond motifs is 1. The van der Waals surface area contributed by atoms with Crippen LogP contribution in [0.1, 0.15) is 6.92 Å². The molecule has 0 radical (unpaired) electrons. The van der Waals surface area contributed by atoms with Crippen LogP contribution in [0.25, 0.3) is 0 Å². The Balaban J connectivity index is 1.81. The highest BCUT2D eigenvalue weighted by molar-refractivity contribution is 6.31. The smallest absolute Gasteiger partial charge is 0.268 e. The first kappa shape index (κ1) is 17.5. The van der Waals surface area contributed by atoms with E-state index >= 15 is 0 Å². The van der Waals surface area contributed by atoms with Crippen LogP contribution in [-0.2, 0) is 9.59 Å². The zero-order valence-corrected chi connectivity index (χ0v) is 14.6. The van der Waals surface area contributed by atoms with Crippen LogP contribution in [0.4, 0.5) is 15.8 Å². The summed E-state index contributed by atoms with van der Waals surface area (Å²) in [6.45, 7) is 1.36. The van der Waals surface area contributed by atoms with Gasteiger partial charge in [0.1, 0.15) is 18.1 Å². The van der Waals surface area contributed by atoms with Crippen LogP contribution in [0.15, 0.2) is 36.4 Å². The van der Waals surface area contributed by atoms with Gasteiger partial charge in [0, 0.05) is 10.7 Å². The Morgan fingerprint density at radius 1 is 1.28 bits per heavy atom. The first-order valence-electron chi connectivity index (χ1n) is 7.37. The maximum Gasteiger partial charge on any atom is 0.268 e. The van der Waals surface area contributed by atoms with Crippen LogP contribution in [0, 0.1) is 5.82 Å². The van der Waals surface area contributed by atoms with E-state index in [2.05, 4.69) is 5.32 Å². The zero-order chi connectivity index (χ0) is 18.1. The second kappa shape index (κ2) is 6.90. The lowest BCUT2D eigenvalue weighted by molar-refractivity contribution is -0.127. The quantitative estimate of drug-likeness (QED) is 0.875. The lowest BCUT2D eigenvalue weighted by Gasteiger charge is -2.32. The molecule has 1 N–H and O–H groups in total. The van der Waals surface area contributed by atoms with Gasteiger partial charge in [-0.1, -0.05) is 23.2 Å². The molecule has 1 heterocycles. The summed E-state index contributed by atoms with van der Waals surface area (Å²) in [5, 5.41) is 2.89. The van der Waals surface area contributed by atoms with Gasteiger partial charge in [0.05, 0.1) is 10.7 Å². The van der Waals surface area contributed by atoms with Crippen LogP contribution in [0.3, 0.4) is 0 Å². The Morgan fingerprint density at radius 2 is 2.04 bits per heavy atom. The van der Waals surface area contributed by atoms with Gasteiger partial charge in [-0.3, -0.25) is 14.5 Å². The molecule has 8 heteroatoms. The highest BCUT2D eigenvalue weighted by atomic mass is 35.5. The summed E-state index contributed by atoms with van der Waals surface area (Å²) < 4.78 is 18.7. The first-order valence-corrected chi connectivity index (χ1v) is 8.13. The van der Waals surface area contributed by atoms with E-state index in [0.29, 0.717) is 22.1 Å². The molecular formula is C17H13Cl2FN2O3. The van der Waals surface area contributed by atoms with Gasteiger partial charge in [0.2, 0.25) is 5.91 Å². The van der Waals surface area contributed by atoms with Crippen molar-refractivity contribution in [3.05, 3.63) is 52.3 Å². The molecule has 0 fully saturated rings. The molecule has 2 aromatic carbocycles. The predicted octanol–water partition coefficient (Wildman–Crippen LogP) is 3.89. The fraction of sp³-hybridized carbons (Fsp3) is 0.176. The fourth-order valence-corrected chi connectivity index (χ4v) is 2.81. The van der Waals surface area contributed by atoms with E-state index in [1.165, 1.54) is 17.0 Å². The summed E-state index contributed by atoms with van der Waals surface area (Å²) in [7, 11) is 0. The summed E-state index contributed by atoms with van der Waals surface area (Å²) in [5.74, 6) is -0.937. The van der Waals surface area contributed by atoms with Crippen molar-refractivity contribution in [1.29, 1.82) is 0 Å². The highest BCUT2D eigenvalue weighted by Crippen LogP contribution is 2.36. The van der Waals surface area contributed by atoms with Crippen molar-refractivity contribution >= 4 is 46.4 Å². The third-order valence-electron chi connectivity index (χ3n) is 3.63. The van der Waals surface area contributed by atoms with E-state index in [4.69, 9.17) is 27.9 Å². The van der Waals surface area contributed by atoms with E-state index in [-0.39, 0.29) is 17.5 Å². The number of ether oxygens (including phenoxy) is 1. The number of carbonyl (C=O) groups is 2. The molecule has 1 aliphatic heterocycles. The molecule has 0 spiro atoms. The first-order chi connectivity index (χ1) is 11.8. The van der Waals surface area contributed by atoms with E-state index in [0.717, 1.165) is 6.07 Å². The Morgan fingerprint density at radius 3 is 2.76 bits per heavy atom. The molecule has 2 amide bonds. The maximum atomic E-state index is 13.2. The van der Waals surface area contributed by atoms with Crippen molar-refractivity contribution in [2.24, 2.45) is 0 Å². The predicted molar refractivity (Wildman–Crippen MR) is 93.9 cm³/mol. The Hall–Kier alpha value is -2.31. The van der Waals surface area contributed by atoms with Crippen molar-refractivity contribution in [1.82, 2.24) is 0 Å².